The van der Waals surface area contributed by atoms with Crippen LogP contribution in [0.1, 0.15) is 33.1 Å². The fourth-order valence-corrected chi connectivity index (χ4v) is 2.39. The van der Waals surface area contributed by atoms with Crippen LogP contribution in [0.3, 0.4) is 0 Å². The summed E-state index contributed by atoms with van der Waals surface area (Å²) in [5.74, 6) is 2.17. The van der Waals surface area contributed by atoms with Crippen LogP contribution in [0.4, 0.5) is 0 Å². The van der Waals surface area contributed by atoms with Gasteiger partial charge in [-0.25, -0.2) is 0 Å². The van der Waals surface area contributed by atoms with Crippen molar-refractivity contribution in [2.24, 2.45) is 0 Å². The van der Waals surface area contributed by atoms with E-state index in [1.807, 2.05) is 36.0 Å². The smallest absolute Gasteiger partial charge is 0.119 e. The lowest BCUT2D eigenvalue weighted by Crippen LogP contribution is -1.98. The van der Waals surface area contributed by atoms with Crippen LogP contribution in [0.25, 0.3) is 0 Å². The molecule has 0 amide bonds. The third-order valence-electron chi connectivity index (χ3n) is 2.32. The van der Waals surface area contributed by atoms with Crippen LogP contribution in [0.5, 0.6) is 5.75 Å². The van der Waals surface area contributed by atoms with Crippen LogP contribution in [-0.4, -0.2) is 17.6 Å². The lowest BCUT2D eigenvalue weighted by molar-refractivity contribution is 0.306. The van der Waals surface area contributed by atoms with Gasteiger partial charge in [0.2, 0.25) is 0 Å². The Morgan fingerprint density at radius 2 is 1.82 bits per heavy atom. The number of hydrogen-bond acceptors (Lipinski definition) is 2. The van der Waals surface area contributed by atoms with Crippen molar-refractivity contribution in [2.75, 3.05) is 12.4 Å². The van der Waals surface area contributed by atoms with Gasteiger partial charge in [-0.2, -0.15) is 11.8 Å². The predicted octanol–water partition coefficient (Wildman–Crippen LogP) is 5.03. The highest BCUT2D eigenvalue weighted by Gasteiger charge is 1.96. The lowest BCUT2D eigenvalue weighted by Gasteiger charge is -2.07. The summed E-state index contributed by atoms with van der Waals surface area (Å²) in [6, 6.07) is 7.54. The molecule has 96 valence electrons. The Labute approximate surface area is 114 Å². The van der Waals surface area contributed by atoms with Gasteiger partial charge in [-0.05, 0) is 54.5 Å². The molecular formula is C14H21ClOS. The van der Waals surface area contributed by atoms with Gasteiger partial charge in [0.1, 0.15) is 5.75 Å². The number of benzene rings is 1. The monoisotopic (exact) mass is 272 g/mol. The van der Waals surface area contributed by atoms with Crippen LogP contribution in [0.15, 0.2) is 24.3 Å². The Morgan fingerprint density at radius 3 is 2.47 bits per heavy atom. The molecule has 1 nitrogen and oxygen atoms in total. The molecule has 0 saturated heterocycles. The van der Waals surface area contributed by atoms with Crippen molar-refractivity contribution < 1.29 is 4.74 Å². The number of unbranched alkanes of at least 4 members (excludes halogenated alkanes) is 2. The molecule has 0 bridgehead atoms. The van der Waals surface area contributed by atoms with Crippen LogP contribution < -0.4 is 4.74 Å². The SMILES string of the molecule is CC(C)SCCCCCOc1ccc(Cl)cc1. The van der Waals surface area contributed by atoms with Gasteiger partial charge in [-0.3, -0.25) is 0 Å². The summed E-state index contributed by atoms with van der Waals surface area (Å²) < 4.78 is 5.62. The molecule has 0 aromatic heterocycles. The van der Waals surface area contributed by atoms with E-state index in [1.165, 1.54) is 18.6 Å². The molecule has 0 N–H and O–H groups in total. The van der Waals surface area contributed by atoms with Crippen molar-refractivity contribution in [1.29, 1.82) is 0 Å². The standard InChI is InChI=1S/C14H21ClOS/c1-12(2)17-11-5-3-4-10-16-14-8-6-13(15)7-9-14/h6-9,12H,3-5,10-11H2,1-2H3. The Kier molecular flexibility index (Phi) is 7.54. The van der Waals surface area contributed by atoms with Gasteiger partial charge in [0.15, 0.2) is 0 Å². The minimum Gasteiger partial charge on any atom is -0.494 e. The number of hydrogen-bond donors (Lipinski definition) is 0. The molecule has 0 atom stereocenters. The Bertz CT molecular complexity index is 298. The zero-order chi connectivity index (χ0) is 12.5. The largest absolute Gasteiger partial charge is 0.494 e. The zero-order valence-electron chi connectivity index (χ0n) is 10.6. The van der Waals surface area contributed by atoms with Crippen molar-refractivity contribution in [3.63, 3.8) is 0 Å². The maximum absolute atomic E-state index is 5.80. The normalized spacial score (nSPS) is 10.8. The summed E-state index contributed by atoms with van der Waals surface area (Å²) in [4.78, 5) is 0. The van der Waals surface area contributed by atoms with Crippen molar-refractivity contribution >= 4 is 23.4 Å². The van der Waals surface area contributed by atoms with E-state index in [9.17, 15) is 0 Å². The van der Waals surface area contributed by atoms with E-state index < -0.39 is 0 Å². The molecule has 0 aliphatic heterocycles. The predicted molar refractivity (Wildman–Crippen MR) is 78.4 cm³/mol. The average Bonchev–Trinajstić information content (AvgIpc) is 2.30. The first-order valence-electron chi connectivity index (χ1n) is 6.18. The van der Waals surface area contributed by atoms with Crippen LogP contribution in [-0.2, 0) is 0 Å². The first-order valence-corrected chi connectivity index (χ1v) is 7.61. The van der Waals surface area contributed by atoms with Crippen LogP contribution >= 0.6 is 23.4 Å². The highest BCUT2D eigenvalue weighted by molar-refractivity contribution is 7.99. The molecule has 3 heteroatoms. The van der Waals surface area contributed by atoms with E-state index in [0.717, 1.165) is 29.0 Å². The molecule has 0 heterocycles. The van der Waals surface area contributed by atoms with Crippen molar-refractivity contribution in [2.45, 2.75) is 38.4 Å². The van der Waals surface area contributed by atoms with Crippen molar-refractivity contribution in [3.05, 3.63) is 29.3 Å². The second kappa shape index (κ2) is 8.71. The van der Waals surface area contributed by atoms with Gasteiger partial charge in [-0.1, -0.05) is 25.4 Å². The van der Waals surface area contributed by atoms with E-state index >= 15 is 0 Å². The maximum atomic E-state index is 5.80. The van der Waals surface area contributed by atoms with E-state index in [2.05, 4.69) is 13.8 Å². The van der Waals surface area contributed by atoms with E-state index in [4.69, 9.17) is 16.3 Å². The molecule has 1 rings (SSSR count). The Morgan fingerprint density at radius 1 is 1.12 bits per heavy atom. The summed E-state index contributed by atoms with van der Waals surface area (Å²) in [5.41, 5.74) is 0. The van der Waals surface area contributed by atoms with Crippen LogP contribution in [0, 0.1) is 0 Å². The molecule has 0 fully saturated rings. The molecule has 17 heavy (non-hydrogen) atoms. The molecule has 1 aromatic rings. The third-order valence-corrected chi connectivity index (χ3v) is 3.77. The zero-order valence-corrected chi connectivity index (χ0v) is 12.2. The topological polar surface area (TPSA) is 9.23 Å². The second-order valence-corrected chi connectivity index (χ2v) is 6.40. The van der Waals surface area contributed by atoms with E-state index in [-0.39, 0.29) is 0 Å². The molecule has 0 spiro atoms. The summed E-state index contributed by atoms with van der Waals surface area (Å²) in [6.45, 7) is 5.29. The fourth-order valence-electron chi connectivity index (χ4n) is 1.42. The molecule has 1 aromatic carbocycles. The van der Waals surface area contributed by atoms with Crippen LogP contribution in [0.2, 0.25) is 5.02 Å². The quantitative estimate of drug-likeness (QED) is 0.614. The Hall–Kier alpha value is -0.340. The molecular weight excluding hydrogens is 252 g/mol. The highest BCUT2D eigenvalue weighted by Crippen LogP contribution is 2.16. The summed E-state index contributed by atoms with van der Waals surface area (Å²) in [5, 5.41) is 1.50. The summed E-state index contributed by atoms with van der Waals surface area (Å²) in [6.07, 6.45) is 3.65. The van der Waals surface area contributed by atoms with Gasteiger partial charge >= 0.3 is 0 Å². The van der Waals surface area contributed by atoms with E-state index in [1.54, 1.807) is 0 Å². The van der Waals surface area contributed by atoms with Gasteiger partial charge in [0.25, 0.3) is 0 Å². The minimum absolute atomic E-state index is 0.750. The number of ether oxygens (including phenoxy) is 1. The van der Waals surface area contributed by atoms with Gasteiger partial charge in [0.05, 0.1) is 6.61 Å². The summed E-state index contributed by atoms with van der Waals surface area (Å²) >= 11 is 7.83. The summed E-state index contributed by atoms with van der Waals surface area (Å²) in [7, 11) is 0. The molecule has 0 radical (unpaired) electrons. The Balaban J connectivity index is 1.99. The lowest BCUT2D eigenvalue weighted by atomic mass is 10.3. The van der Waals surface area contributed by atoms with Gasteiger partial charge < -0.3 is 4.74 Å². The molecule has 0 aliphatic carbocycles. The average molecular weight is 273 g/mol. The first kappa shape index (κ1) is 14.7. The number of thioether (sulfide) groups is 1. The highest BCUT2D eigenvalue weighted by atomic mass is 35.5. The van der Waals surface area contributed by atoms with Gasteiger partial charge in [-0.15, -0.1) is 0 Å². The number of rotatable bonds is 8. The van der Waals surface area contributed by atoms with Crippen molar-refractivity contribution in [3.8, 4) is 5.75 Å². The maximum Gasteiger partial charge on any atom is 0.119 e. The second-order valence-electron chi connectivity index (χ2n) is 4.28. The molecule has 0 saturated carbocycles. The van der Waals surface area contributed by atoms with E-state index in [0.29, 0.717) is 0 Å². The number of halogens is 1. The van der Waals surface area contributed by atoms with Crippen molar-refractivity contribution in [1.82, 2.24) is 0 Å². The van der Waals surface area contributed by atoms with Gasteiger partial charge in [0, 0.05) is 5.02 Å². The fraction of sp³-hybridized carbons (Fsp3) is 0.571. The molecule has 0 unspecified atom stereocenters. The first-order chi connectivity index (χ1) is 8.18. The molecule has 0 aliphatic rings. The minimum atomic E-state index is 0.750. The third kappa shape index (κ3) is 7.56.